The predicted molar refractivity (Wildman–Crippen MR) is 136 cm³/mol. The number of aromatic nitrogens is 1. The van der Waals surface area contributed by atoms with E-state index in [-0.39, 0.29) is 11.4 Å². The summed E-state index contributed by atoms with van der Waals surface area (Å²) in [5.74, 6) is -1.39. The van der Waals surface area contributed by atoms with Crippen LogP contribution in [-0.4, -0.2) is 59.9 Å². The third kappa shape index (κ3) is 3.93. The van der Waals surface area contributed by atoms with E-state index in [1.807, 2.05) is 48.7 Å². The average Bonchev–Trinajstić information content (AvgIpc) is 3.53. The number of anilines is 2. The molecule has 4 heterocycles. The molecule has 7 nitrogen and oxygen atoms in total. The number of piperazine rings is 1. The molecular weight excluding hydrogens is 468 g/mol. The summed E-state index contributed by atoms with van der Waals surface area (Å²) in [6.45, 7) is 7.53. The number of Topliss-reactive ketones (excluding diaryl/α,β-unsaturated/α-hetero) is 1. The Morgan fingerprint density at radius 3 is 2.32 bits per heavy atom. The van der Waals surface area contributed by atoms with Gasteiger partial charge in [-0.2, -0.15) is 0 Å². The van der Waals surface area contributed by atoms with Gasteiger partial charge in [-0.15, -0.1) is 22.7 Å². The van der Waals surface area contributed by atoms with Crippen LogP contribution in [0.1, 0.15) is 31.3 Å². The Labute approximate surface area is 206 Å². The van der Waals surface area contributed by atoms with Crippen LogP contribution in [0.2, 0.25) is 0 Å². The number of likely N-dealkylation sites (N-methyl/N-ethyl adjacent to an activating group) is 1. The van der Waals surface area contributed by atoms with Crippen LogP contribution in [0, 0.1) is 13.8 Å². The van der Waals surface area contributed by atoms with E-state index in [0.29, 0.717) is 16.3 Å². The summed E-state index contributed by atoms with van der Waals surface area (Å²) >= 11 is 2.74. The van der Waals surface area contributed by atoms with Crippen LogP contribution >= 0.6 is 22.7 Å². The minimum Gasteiger partial charge on any atom is -0.503 e. The molecular formula is C25H26N4O3S2. The van der Waals surface area contributed by atoms with Gasteiger partial charge in [-0.1, -0.05) is 6.07 Å². The third-order valence-corrected chi connectivity index (χ3v) is 8.37. The second-order valence-corrected chi connectivity index (χ2v) is 10.8. The maximum atomic E-state index is 13.6. The summed E-state index contributed by atoms with van der Waals surface area (Å²) in [6.07, 6.45) is 0. The number of hydrogen-bond donors (Lipinski definition) is 1. The van der Waals surface area contributed by atoms with Crippen molar-refractivity contribution in [2.24, 2.45) is 0 Å². The van der Waals surface area contributed by atoms with E-state index in [4.69, 9.17) is 0 Å². The molecule has 1 aromatic carbocycles. The standard InChI is InChI=1S/C25H26N4O3S2/c1-15-24(34-16(2)26-15)22(30)20-21(19-5-4-14-33-19)29(25(32)23(20)31)18-8-6-17(7-9-18)28-12-10-27(3)11-13-28/h4-9,14,21,31H,10-13H2,1-3H3. The normalized spacial score (nSPS) is 19.4. The fourth-order valence-corrected chi connectivity index (χ4v) is 6.27. The molecule has 1 saturated heterocycles. The van der Waals surface area contributed by atoms with Crippen molar-refractivity contribution in [1.29, 1.82) is 0 Å². The van der Waals surface area contributed by atoms with Crippen molar-refractivity contribution in [3.05, 3.63) is 73.6 Å². The smallest absolute Gasteiger partial charge is 0.294 e. The van der Waals surface area contributed by atoms with E-state index in [1.54, 1.807) is 6.92 Å². The van der Waals surface area contributed by atoms with Crippen LogP contribution in [0.15, 0.2) is 53.1 Å². The van der Waals surface area contributed by atoms with Gasteiger partial charge in [-0.25, -0.2) is 4.98 Å². The molecule has 1 amide bonds. The molecule has 1 N–H and O–H groups in total. The molecule has 3 aromatic rings. The van der Waals surface area contributed by atoms with E-state index < -0.39 is 17.7 Å². The van der Waals surface area contributed by atoms with Gasteiger partial charge in [-0.3, -0.25) is 14.5 Å². The zero-order valence-corrected chi connectivity index (χ0v) is 20.9. The molecule has 5 rings (SSSR count). The largest absolute Gasteiger partial charge is 0.503 e. The molecule has 0 saturated carbocycles. The SMILES string of the molecule is Cc1nc(C)c(C(=O)C2=C(O)C(=O)N(c3ccc(N4CCN(C)CC4)cc3)C2c2cccs2)s1. The van der Waals surface area contributed by atoms with Crippen molar-refractivity contribution >= 4 is 45.7 Å². The van der Waals surface area contributed by atoms with Crippen LogP contribution in [0.4, 0.5) is 11.4 Å². The number of aliphatic hydroxyl groups is 1. The van der Waals surface area contributed by atoms with Gasteiger partial charge in [-0.05, 0) is 56.6 Å². The summed E-state index contributed by atoms with van der Waals surface area (Å²) in [6, 6.07) is 10.9. The molecule has 2 aliphatic heterocycles. The number of ketones is 1. The third-order valence-electron chi connectivity index (χ3n) is 6.37. The van der Waals surface area contributed by atoms with Gasteiger partial charge < -0.3 is 14.9 Å². The summed E-state index contributed by atoms with van der Waals surface area (Å²) in [5, 5.41) is 13.6. The number of amides is 1. The molecule has 0 radical (unpaired) electrons. The molecule has 0 spiro atoms. The molecule has 1 atom stereocenters. The molecule has 2 aromatic heterocycles. The molecule has 1 unspecified atom stereocenters. The lowest BCUT2D eigenvalue weighted by Crippen LogP contribution is -2.44. The summed E-state index contributed by atoms with van der Waals surface area (Å²) in [4.78, 5) is 38.7. The van der Waals surface area contributed by atoms with Crippen LogP contribution in [0.3, 0.4) is 0 Å². The monoisotopic (exact) mass is 494 g/mol. The lowest BCUT2D eigenvalue weighted by atomic mass is 10.00. The highest BCUT2D eigenvalue weighted by Crippen LogP contribution is 2.44. The van der Waals surface area contributed by atoms with E-state index >= 15 is 0 Å². The van der Waals surface area contributed by atoms with Crippen LogP contribution in [0.25, 0.3) is 0 Å². The van der Waals surface area contributed by atoms with E-state index in [1.165, 1.54) is 27.6 Å². The summed E-state index contributed by atoms with van der Waals surface area (Å²) in [5.41, 5.74) is 2.47. The minimum absolute atomic E-state index is 0.113. The van der Waals surface area contributed by atoms with Crippen LogP contribution in [0.5, 0.6) is 0 Å². The number of benzene rings is 1. The quantitative estimate of drug-likeness (QED) is 0.531. The number of aliphatic hydroxyl groups excluding tert-OH is 1. The fourth-order valence-electron chi connectivity index (χ4n) is 4.57. The average molecular weight is 495 g/mol. The Balaban J connectivity index is 1.51. The van der Waals surface area contributed by atoms with Gasteiger partial charge in [0, 0.05) is 42.4 Å². The van der Waals surface area contributed by atoms with Gasteiger partial charge in [0.2, 0.25) is 5.78 Å². The first-order valence-corrected chi connectivity index (χ1v) is 12.9. The van der Waals surface area contributed by atoms with Crippen molar-refractivity contribution in [2.45, 2.75) is 19.9 Å². The zero-order valence-electron chi connectivity index (χ0n) is 19.3. The first-order valence-electron chi connectivity index (χ1n) is 11.2. The topological polar surface area (TPSA) is 77.0 Å². The van der Waals surface area contributed by atoms with E-state index in [0.717, 1.165) is 41.8 Å². The Morgan fingerprint density at radius 2 is 1.74 bits per heavy atom. The highest BCUT2D eigenvalue weighted by Gasteiger charge is 2.45. The van der Waals surface area contributed by atoms with Crippen molar-refractivity contribution in [3.63, 3.8) is 0 Å². The number of thiophene rings is 1. The van der Waals surface area contributed by atoms with Crippen molar-refractivity contribution in [1.82, 2.24) is 9.88 Å². The maximum Gasteiger partial charge on any atom is 0.294 e. The van der Waals surface area contributed by atoms with E-state index in [2.05, 4.69) is 21.8 Å². The maximum absolute atomic E-state index is 13.6. The fraction of sp³-hybridized carbons (Fsp3) is 0.320. The van der Waals surface area contributed by atoms with E-state index in [9.17, 15) is 14.7 Å². The van der Waals surface area contributed by atoms with Gasteiger partial charge in [0.05, 0.1) is 21.2 Å². The number of carbonyl (C=O) groups excluding carboxylic acids is 2. The first-order chi connectivity index (χ1) is 16.3. The first kappa shape index (κ1) is 22.8. The lowest BCUT2D eigenvalue weighted by molar-refractivity contribution is -0.117. The van der Waals surface area contributed by atoms with Crippen LogP contribution in [-0.2, 0) is 4.79 Å². The van der Waals surface area contributed by atoms with Gasteiger partial charge in [0.15, 0.2) is 5.76 Å². The summed E-state index contributed by atoms with van der Waals surface area (Å²) in [7, 11) is 2.12. The van der Waals surface area contributed by atoms with Crippen molar-refractivity contribution in [3.8, 4) is 0 Å². The number of hydrogen-bond acceptors (Lipinski definition) is 8. The predicted octanol–water partition coefficient (Wildman–Crippen LogP) is 4.36. The summed E-state index contributed by atoms with van der Waals surface area (Å²) < 4.78 is 0. The number of thiazole rings is 1. The Kier molecular flexibility index (Phi) is 6.01. The second-order valence-electron chi connectivity index (χ2n) is 8.64. The number of aryl methyl sites for hydroxylation is 2. The minimum atomic E-state index is -0.684. The van der Waals surface area contributed by atoms with Gasteiger partial charge in [0.1, 0.15) is 6.04 Å². The molecule has 2 aliphatic rings. The van der Waals surface area contributed by atoms with Gasteiger partial charge >= 0.3 is 0 Å². The molecule has 0 bridgehead atoms. The molecule has 34 heavy (non-hydrogen) atoms. The number of rotatable bonds is 5. The highest BCUT2D eigenvalue weighted by atomic mass is 32.1. The van der Waals surface area contributed by atoms with Crippen molar-refractivity contribution < 1.29 is 14.7 Å². The van der Waals surface area contributed by atoms with Crippen LogP contribution < -0.4 is 9.80 Å². The van der Waals surface area contributed by atoms with Crippen molar-refractivity contribution in [2.75, 3.05) is 43.0 Å². The highest BCUT2D eigenvalue weighted by molar-refractivity contribution is 7.14. The lowest BCUT2D eigenvalue weighted by Gasteiger charge is -2.34. The molecule has 9 heteroatoms. The molecule has 176 valence electrons. The number of nitrogens with zero attached hydrogens (tertiary/aromatic N) is 4. The van der Waals surface area contributed by atoms with Gasteiger partial charge in [0.25, 0.3) is 5.91 Å². The molecule has 0 aliphatic carbocycles. The zero-order chi connectivity index (χ0) is 24.0. The number of carbonyl (C=O) groups is 2. The molecule has 1 fully saturated rings. The Hall–Kier alpha value is -3.01. The Bertz CT molecular complexity index is 1260. The Morgan fingerprint density at radius 1 is 1.06 bits per heavy atom. The second kappa shape index (κ2) is 8.98.